The molecule has 2 aromatic carbocycles. The van der Waals surface area contributed by atoms with Gasteiger partial charge in [-0.25, -0.2) is 0 Å². The third kappa shape index (κ3) is 5.12. The first kappa shape index (κ1) is 19.5. The van der Waals surface area contributed by atoms with Crippen molar-refractivity contribution in [2.24, 2.45) is 0 Å². The molecule has 0 aromatic heterocycles. The second-order valence-electron chi connectivity index (χ2n) is 7.32. The average molecular weight is 367 g/mol. The molecule has 27 heavy (non-hydrogen) atoms. The Morgan fingerprint density at radius 3 is 2.52 bits per heavy atom. The van der Waals surface area contributed by atoms with Crippen LogP contribution in [0.15, 0.2) is 36.4 Å². The van der Waals surface area contributed by atoms with Crippen LogP contribution in [0.25, 0.3) is 11.1 Å². The van der Waals surface area contributed by atoms with E-state index in [-0.39, 0.29) is 5.97 Å². The van der Waals surface area contributed by atoms with E-state index in [1.54, 1.807) is 0 Å². The lowest BCUT2D eigenvalue weighted by Crippen LogP contribution is -2.10. The van der Waals surface area contributed by atoms with Gasteiger partial charge in [0.15, 0.2) is 0 Å². The molecule has 2 aromatic rings. The van der Waals surface area contributed by atoms with Gasteiger partial charge in [0, 0.05) is 18.6 Å². The van der Waals surface area contributed by atoms with Crippen LogP contribution in [0, 0.1) is 0 Å². The van der Waals surface area contributed by atoms with Crippen LogP contribution in [0.2, 0.25) is 0 Å². The minimum absolute atomic E-state index is 0.298. The van der Waals surface area contributed by atoms with Gasteiger partial charge in [0.05, 0.1) is 6.61 Å². The maximum absolute atomic E-state index is 11.6. The van der Waals surface area contributed by atoms with Gasteiger partial charge in [-0.1, -0.05) is 63.3 Å². The summed E-state index contributed by atoms with van der Waals surface area (Å²) in [6.07, 6.45) is 9.38. The summed E-state index contributed by atoms with van der Waals surface area (Å²) < 4.78 is 11.6. The van der Waals surface area contributed by atoms with Gasteiger partial charge in [-0.15, -0.1) is 0 Å². The summed E-state index contributed by atoms with van der Waals surface area (Å²) in [6, 6.07) is 12.4. The van der Waals surface area contributed by atoms with Crippen molar-refractivity contribution in [1.29, 1.82) is 0 Å². The summed E-state index contributed by atoms with van der Waals surface area (Å²) >= 11 is 0. The maximum atomic E-state index is 11.6. The molecule has 0 amide bonds. The molecule has 0 spiro atoms. The number of unbranched alkanes of at least 4 members (excludes halogenated alkanes) is 5. The minimum atomic E-state index is -0.298. The van der Waals surface area contributed by atoms with E-state index in [1.165, 1.54) is 50.2 Å². The highest BCUT2D eigenvalue weighted by Crippen LogP contribution is 2.42. The molecule has 3 rings (SSSR count). The van der Waals surface area contributed by atoms with Crippen LogP contribution in [-0.2, 0) is 17.6 Å². The van der Waals surface area contributed by atoms with Crippen molar-refractivity contribution in [3.05, 3.63) is 47.5 Å². The van der Waals surface area contributed by atoms with Crippen molar-refractivity contribution in [3.63, 3.8) is 0 Å². The number of esters is 1. The van der Waals surface area contributed by atoms with E-state index >= 15 is 0 Å². The van der Waals surface area contributed by atoms with Crippen molar-refractivity contribution < 1.29 is 14.3 Å². The number of benzene rings is 2. The molecule has 0 atom stereocenters. The van der Waals surface area contributed by atoms with E-state index in [0.29, 0.717) is 12.4 Å². The lowest BCUT2D eigenvalue weighted by atomic mass is 9.85. The maximum Gasteiger partial charge on any atom is 0.308 e. The highest BCUT2D eigenvalue weighted by molar-refractivity contribution is 5.82. The van der Waals surface area contributed by atoms with E-state index in [0.717, 1.165) is 36.1 Å². The number of rotatable bonds is 9. The largest absolute Gasteiger partial charge is 0.493 e. The van der Waals surface area contributed by atoms with E-state index < -0.39 is 0 Å². The Morgan fingerprint density at radius 1 is 0.963 bits per heavy atom. The van der Waals surface area contributed by atoms with Crippen molar-refractivity contribution in [3.8, 4) is 22.6 Å². The Kier molecular flexibility index (Phi) is 6.92. The van der Waals surface area contributed by atoms with Crippen molar-refractivity contribution in [2.75, 3.05) is 6.61 Å². The number of fused-ring (bicyclic) bond motifs is 3. The molecule has 0 radical (unpaired) electrons. The van der Waals surface area contributed by atoms with Crippen LogP contribution < -0.4 is 9.47 Å². The Hall–Kier alpha value is -2.29. The van der Waals surface area contributed by atoms with Gasteiger partial charge in [-0.3, -0.25) is 4.79 Å². The van der Waals surface area contributed by atoms with Crippen molar-refractivity contribution in [2.45, 2.75) is 65.2 Å². The van der Waals surface area contributed by atoms with Crippen LogP contribution in [0.3, 0.4) is 0 Å². The van der Waals surface area contributed by atoms with E-state index in [4.69, 9.17) is 9.47 Å². The lowest BCUT2D eigenvalue weighted by molar-refractivity contribution is -0.131. The molecule has 0 bridgehead atoms. The van der Waals surface area contributed by atoms with Gasteiger partial charge < -0.3 is 9.47 Å². The Labute approximate surface area is 162 Å². The zero-order valence-corrected chi connectivity index (χ0v) is 16.6. The Bertz CT molecular complexity index is 779. The highest BCUT2D eigenvalue weighted by atomic mass is 16.5. The van der Waals surface area contributed by atoms with Gasteiger partial charge in [0.25, 0.3) is 0 Å². The minimum Gasteiger partial charge on any atom is -0.493 e. The average Bonchev–Trinajstić information content (AvgIpc) is 2.66. The lowest BCUT2D eigenvalue weighted by Gasteiger charge is -2.23. The van der Waals surface area contributed by atoms with E-state index in [1.807, 2.05) is 12.1 Å². The second-order valence-corrected chi connectivity index (χ2v) is 7.32. The van der Waals surface area contributed by atoms with E-state index in [2.05, 4.69) is 31.2 Å². The Balaban J connectivity index is 1.73. The van der Waals surface area contributed by atoms with Gasteiger partial charge in [-0.2, -0.15) is 0 Å². The van der Waals surface area contributed by atoms with Crippen LogP contribution in [0.4, 0.5) is 0 Å². The zero-order valence-electron chi connectivity index (χ0n) is 16.6. The summed E-state index contributed by atoms with van der Waals surface area (Å²) in [4.78, 5) is 11.6. The molecule has 3 nitrogen and oxygen atoms in total. The smallest absolute Gasteiger partial charge is 0.308 e. The first-order chi connectivity index (χ1) is 13.2. The molecule has 0 N–H and O–H groups in total. The van der Waals surface area contributed by atoms with E-state index in [9.17, 15) is 4.79 Å². The number of carbonyl (C=O) groups excluding carboxylic acids is 1. The molecule has 1 aliphatic rings. The molecule has 144 valence electrons. The quantitative estimate of drug-likeness (QED) is 0.305. The summed E-state index contributed by atoms with van der Waals surface area (Å²) in [6.45, 7) is 4.39. The predicted molar refractivity (Wildman–Crippen MR) is 109 cm³/mol. The fraction of sp³-hybridized carbons (Fsp3) is 0.458. The fourth-order valence-corrected chi connectivity index (χ4v) is 3.79. The number of carbonyl (C=O) groups is 1. The molecule has 0 aliphatic heterocycles. The highest BCUT2D eigenvalue weighted by Gasteiger charge is 2.22. The molecular weight excluding hydrogens is 336 g/mol. The standard InChI is InChI=1S/C24H30O3/c1-3-4-5-6-7-10-15-26-21-16-20-14-13-19-11-8-9-12-22(19)24(20)23(17-21)27-18(2)25/h8-9,11-12,16-17H,3-7,10,13-15H2,1-2H3. The van der Waals surface area contributed by atoms with Crippen LogP contribution in [-0.4, -0.2) is 12.6 Å². The third-order valence-corrected chi connectivity index (χ3v) is 5.13. The third-order valence-electron chi connectivity index (χ3n) is 5.13. The van der Waals surface area contributed by atoms with Crippen molar-refractivity contribution in [1.82, 2.24) is 0 Å². The summed E-state index contributed by atoms with van der Waals surface area (Å²) in [7, 11) is 0. The second kappa shape index (κ2) is 9.59. The molecule has 0 unspecified atom stereocenters. The van der Waals surface area contributed by atoms with Gasteiger partial charge in [0.1, 0.15) is 11.5 Å². The Morgan fingerprint density at radius 2 is 1.70 bits per heavy atom. The molecule has 0 saturated heterocycles. The van der Waals surface area contributed by atoms with Crippen molar-refractivity contribution >= 4 is 5.97 Å². The van der Waals surface area contributed by atoms with Crippen LogP contribution in [0.1, 0.15) is 63.5 Å². The van der Waals surface area contributed by atoms with Gasteiger partial charge in [0.2, 0.25) is 0 Å². The molecule has 0 fully saturated rings. The SMILES string of the molecule is CCCCCCCCOc1cc2c(c(OC(C)=O)c1)-c1ccccc1CC2. The van der Waals surface area contributed by atoms with Gasteiger partial charge >= 0.3 is 5.97 Å². The first-order valence-corrected chi connectivity index (χ1v) is 10.3. The summed E-state index contributed by atoms with van der Waals surface area (Å²) in [5.74, 6) is 1.12. The predicted octanol–water partition coefficient (Wildman–Crippen LogP) is 6.12. The number of hydrogen-bond donors (Lipinski definition) is 0. The molecular formula is C24H30O3. The number of ether oxygens (including phenoxy) is 2. The van der Waals surface area contributed by atoms with Gasteiger partial charge in [-0.05, 0) is 42.0 Å². The zero-order chi connectivity index (χ0) is 19.1. The molecule has 0 saturated carbocycles. The number of aryl methyl sites for hydroxylation is 2. The normalized spacial score (nSPS) is 12.2. The summed E-state index contributed by atoms with van der Waals surface area (Å²) in [5, 5.41) is 0. The van der Waals surface area contributed by atoms with Crippen LogP contribution >= 0.6 is 0 Å². The summed E-state index contributed by atoms with van der Waals surface area (Å²) in [5.41, 5.74) is 4.71. The van der Waals surface area contributed by atoms with Crippen LogP contribution in [0.5, 0.6) is 11.5 Å². The molecule has 1 aliphatic carbocycles. The monoisotopic (exact) mass is 366 g/mol. The topological polar surface area (TPSA) is 35.5 Å². The molecule has 3 heteroatoms. The molecule has 0 heterocycles. The fourth-order valence-electron chi connectivity index (χ4n) is 3.79. The first-order valence-electron chi connectivity index (χ1n) is 10.3. The number of hydrogen-bond acceptors (Lipinski definition) is 3.